The summed E-state index contributed by atoms with van der Waals surface area (Å²) in [4.78, 5) is 30.6. The maximum Gasteiger partial charge on any atom is 0.230 e. The van der Waals surface area contributed by atoms with E-state index in [2.05, 4.69) is 22.1 Å². The first-order valence-electron chi connectivity index (χ1n) is 9.35. The van der Waals surface area contributed by atoms with E-state index >= 15 is 0 Å². The fourth-order valence-corrected chi connectivity index (χ4v) is 6.63. The maximum atomic E-state index is 13.4. The molecule has 0 unspecified atom stereocenters. The highest BCUT2D eigenvalue weighted by molar-refractivity contribution is 7.99. The number of rotatable bonds is 4. The molecular weight excluding hydrogens is 352 g/mol. The van der Waals surface area contributed by atoms with Gasteiger partial charge in [-0.2, -0.15) is 23.1 Å². The van der Waals surface area contributed by atoms with Crippen molar-refractivity contribution >= 4 is 34.9 Å². The van der Waals surface area contributed by atoms with Crippen molar-refractivity contribution in [2.24, 2.45) is 5.41 Å². The SMILES string of the molecule is CC[C@@]1(C(=O)N2CCSCC2)C[C@@H]2CC[C@H]1N2C(=O)Cc1ccsc1. The van der Waals surface area contributed by atoms with Crippen molar-refractivity contribution in [2.45, 2.75) is 51.1 Å². The minimum atomic E-state index is -0.338. The highest BCUT2D eigenvalue weighted by Gasteiger charge is 2.60. The van der Waals surface area contributed by atoms with Crippen molar-refractivity contribution < 1.29 is 9.59 Å². The van der Waals surface area contributed by atoms with Crippen LogP contribution in [-0.4, -0.2) is 58.3 Å². The lowest BCUT2D eigenvalue weighted by Gasteiger charge is -2.40. The van der Waals surface area contributed by atoms with Crippen molar-refractivity contribution in [3.63, 3.8) is 0 Å². The van der Waals surface area contributed by atoms with E-state index in [0.29, 0.717) is 12.3 Å². The Balaban J connectivity index is 1.54. The zero-order valence-corrected chi connectivity index (χ0v) is 16.4. The lowest BCUT2D eigenvalue weighted by Crippen LogP contribution is -2.53. The number of amides is 2. The molecule has 2 bridgehead atoms. The second-order valence-electron chi connectivity index (χ2n) is 7.47. The molecule has 0 aromatic carbocycles. The van der Waals surface area contributed by atoms with Gasteiger partial charge in [-0.05, 0) is 48.1 Å². The molecule has 0 aliphatic carbocycles. The van der Waals surface area contributed by atoms with Crippen LogP contribution >= 0.6 is 23.1 Å². The van der Waals surface area contributed by atoms with Gasteiger partial charge in [0.15, 0.2) is 0 Å². The lowest BCUT2D eigenvalue weighted by molar-refractivity contribution is -0.145. The number of thioether (sulfide) groups is 1. The standard InChI is InChI=1S/C19H26N2O2S2/c1-2-19(18(23)20-6-9-24-10-7-20)12-15-3-4-16(19)21(15)17(22)11-14-5-8-25-13-14/h5,8,13,15-16H,2-4,6-7,9-12H2,1H3/t15-,16+,19+/m0/s1. The van der Waals surface area contributed by atoms with E-state index in [9.17, 15) is 9.59 Å². The largest absolute Gasteiger partial charge is 0.340 e. The Kier molecular flexibility index (Phi) is 4.84. The summed E-state index contributed by atoms with van der Waals surface area (Å²) in [5, 5.41) is 4.08. The minimum Gasteiger partial charge on any atom is -0.340 e. The number of carbonyl (C=O) groups excluding carboxylic acids is 2. The second kappa shape index (κ2) is 6.95. The van der Waals surface area contributed by atoms with Gasteiger partial charge in [0.1, 0.15) is 0 Å². The number of hydrogen-bond donors (Lipinski definition) is 0. The fourth-order valence-electron chi connectivity index (χ4n) is 5.06. The fraction of sp³-hybridized carbons (Fsp3) is 0.684. The van der Waals surface area contributed by atoms with Crippen LogP contribution in [-0.2, 0) is 16.0 Å². The molecular formula is C19H26N2O2S2. The van der Waals surface area contributed by atoms with Crippen LogP contribution in [0, 0.1) is 5.41 Å². The zero-order chi connectivity index (χ0) is 17.4. The molecule has 2 amide bonds. The van der Waals surface area contributed by atoms with E-state index in [4.69, 9.17) is 0 Å². The van der Waals surface area contributed by atoms with Crippen LogP contribution in [0.4, 0.5) is 0 Å². The van der Waals surface area contributed by atoms with Crippen LogP contribution in [0.1, 0.15) is 38.2 Å². The molecule has 0 radical (unpaired) electrons. The summed E-state index contributed by atoms with van der Waals surface area (Å²) in [5.41, 5.74) is 0.762. The van der Waals surface area contributed by atoms with E-state index in [0.717, 1.165) is 55.8 Å². The summed E-state index contributed by atoms with van der Waals surface area (Å²) in [6.45, 7) is 3.87. The van der Waals surface area contributed by atoms with Crippen molar-refractivity contribution in [2.75, 3.05) is 24.6 Å². The summed E-state index contributed by atoms with van der Waals surface area (Å²) in [7, 11) is 0. The predicted octanol–water partition coefficient (Wildman–Crippen LogP) is 3.03. The first-order chi connectivity index (χ1) is 12.2. The van der Waals surface area contributed by atoms with Crippen molar-refractivity contribution in [3.8, 4) is 0 Å². The van der Waals surface area contributed by atoms with Crippen LogP contribution in [0.2, 0.25) is 0 Å². The molecule has 0 saturated carbocycles. The summed E-state index contributed by atoms with van der Waals surface area (Å²) < 4.78 is 0. The van der Waals surface area contributed by atoms with Gasteiger partial charge in [-0.1, -0.05) is 6.92 Å². The molecule has 4 rings (SSSR count). The Labute approximate surface area is 157 Å². The topological polar surface area (TPSA) is 40.6 Å². The first kappa shape index (κ1) is 17.4. The van der Waals surface area contributed by atoms with Crippen LogP contribution in [0.15, 0.2) is 16.8 Å². The maximum absolute atomic E-state index is 13.4. The van der Waals surface area contributed by atoms with Gasteiger partial charge in [-0.15, -0.1) is 0 Å². The molecule has 6 heteroatoms. The molecule has 3 atom stereocenters. The molecule has 25 heavy (non-hydrogen) atoms. The van der Waals surface area contributed by atoms with Crippen LogP contribution in [0.25, 0.3) is 0 Å². The zero-order valence-electron chi connectivity index (χ0n) is 14.8. The van der Waals surface area contributed by atoms with Gasteiger partial charge in [0.2, 0.25) is 11.8 Å². The number of thiophene rings is 1. The third-order valence-corrected chi connectivity index (χ3v) is 7.99. The molecule has 3 saturated heterocycles. The predicted molar refractivity (Wildman–Crippen MR) is 103 cm³/mol. The van der Waals surface area contributed by atoms with Crippen molar-refractivity contribution in [1.82, 2.24) is 9.80 Å². The van der Waals surface area contributed by atoms with Gasteiger partial charge in [-0.3, -0.25) is 9.59 Å². The molecule has 1 aromatic rings. The van der Waals surface area contributed by atoms with Gasteiger partial charge >= 0.3 is 0 Å². The summed E-state index contributed by atoms with van der Waals surface area (Å²) >= 11 is 3.57. The van der Waals surface area contributed by atoms with E-state index in [1.54, 1.807) is 11.3 Å². The third kappa shape index (κ3) is 2.91. The van der Waals surface area contributed by atoms with Gasteiger partial charge in [-0.25, -0.2) is 0 Å². The Morgan fingerprint density at radius 1 is 1.28 bits per heavy atom. The molecule has 1 aromatic heterocycles. The van der Waals surface area contributed by atoms with E-state index < -0.39 is 0 Å². The van der Waals surface area contributed by atoms with Crippen molar-refractivity contribution in [1.29, 1.82) is 0 Å². The average Bonchev–Trinajstić information content (AvgIpc) is 3.36. The molecule has 3 fully saturated rings. The summed E-state index contributed by atoms with van der Waals surface area (Å²) in [6.07, 6.45) is 4.24. The first-order valence-corrected chi connectivity index (χ1v) is 11.4. The Morgan fingerprint density at radius 3 is 2.76 bits per heavy atom. The number of fused-ring (bicyclic) bond motifs is 2. The highest BCUT2D eigenvalue weighted by atomic mass is 32.2. The molecule has 4 nitrogen and oxygen atoms in total. The Morgan fingerprint density at radius 2 is 2.08 bits per heavy atom. The average molecular weight is 379 g/mol. The summed E-state index contributed by atoms with van der Waals surface area (Å²) in [5.74, 6) is 2.61. The van der Waals surface area contributed by atoms with Gasteiger partial charge in [0.25, 0.3) is 0 Å². The quantitative estimate of drug-likeness (QED) is 0.809. The van der Waals surface area contributed by atoms with Gasteiger partial charge in [0.05, 0.1) is 11.8 Å². The number of nitrogens with zero attached hydrogens (tertiary/aromatic N) is 2. The highest BCUT2D eigenvalue weighted by Crippen LogP contribution is 2.53. The molecule has 0 N–H and O–H groups in total. The number of carbonyl (C=O) groups is 2. The van der Waals surface area contributed by atoms with E-state index in [1.165, 1.54) is 0 Å². The third-order valence-electron chi connectivity index (χ3n) is 6.32. The van der Waals surface area contributed by atoms with Crippen molar-refractivity contribution in [3.05, 3.63) is 22.4 Å². The van der Waals surface area contributed by atoms with Gasteiger partial charge < -0.3 is 9.80 Å². The molecule has 136 valence electrons. The normalized spacial score (nSPS) is 31.6. The Bertz CT molecular complexity index is 642. The van der Waals surface area contributed by atoms with Gasteiger partial charge in [0, 0.05) is 36.7 Å². The second-order valence-corrected chi connectivity index (χ2v) is 9.48. The number of hydrogen-bond acceptors (Lipinski definition) is 4. The minimum absolute atomic E-state index is 0.107. The lowest BCUT2D eigenvalue weighted by atomic mass is 9.70. The smallest absolute Gasteiger partial charge is 0.230 e. The van der Waals surface area contributed by atoms with Crippen LogP contribution < -0.4 is 0 Å². The molecule has 0 spiro atoms. The molecule has 3 aliphatic rings. The van der Waals surface area contributed by atoms with Crippen LogP contribution in [0.5, 0.6) is 0 Å². The van der Waals surface area contributed by atoms with Crippen LogP contribution in [0.3, 0.4) is 0 Å². The molecule has 3 aliphatic heterocycles. The Hall–Kier alpha value is -1.01. The monoisotopic (exact) mass is 378 g/mol. The van der Waals surface area contributed by atoms with E-state index in [1.807, 2.05) is 23.2 Å². The molecule has 4 heterocycles. The van der Waals surface area contributed by atoms with E-state index in [-0.39, 0.29) is 23.4 Å². The summed E-state index contributed by atoms with van der Waals surface area (Å²) in [6, 6.07) is 2.40.